The second kappa shape index (κ2) is 5.43. The lowest BCUT2D eigenvalue weighted by molar-refractivity contribution is -0.385. The Labute approximate surface area is 88.2 Å². The monoisotopic (exact) mass is 209 g/mol. The molecule has 5 heteroatoms. The number of hydrogen-bond acceptors (Lipinski definition) is 4. The quantitative estimate of drug-likeness (QED) is 0.565. The summed E-state index contributed by atoms with van der Waals surface area (Å²) in [5.74, 6) is 0. The molecule has 1 unspecified atom stereocenters. The third-order valence-corrected chi connectivity index (χ3v) is 2.25. The summed E-state index contributed by atoms with van der Waals surface area (Å²) in [5, 5.41) is 10.7. The van der Waals surface area contributed by atoms with Gasteiger partial charge in [-0.2, -0.15) is 0 Å². The molecule has 1 rings (SSSR count). The maximum absolute atomic E-state index is 10.7. The van der Waals surface area contributed by atoms with Crippen LogP contribution in [0.1, 0.15) is 24.4 Å². The predicted octanol–water partition coefficient (Wildman–Crippen LogP) is 1.33. The van der Waals surface area contributed by atoms with Crippen molar-refractivity contribution >= 4 is 5.69 Å². The molecule has 0 saturated carbocycles. The van der Waals surface area contributed by atoms with Crippen LogP contribution in [0.3, 0.4) is 0 Å². The van der Waals surface area contributed by atoms with E-state index in [-0.39, 0.29) is 11.7 Å². The second-order valence-corrected chi connectivity index (χ2v) is 3.35. The van der Waals surface area contributed by atoms with Gasteiger partial charge in [-0.15, -0.1) is 0 Å². The third-order valence-electron chi connectivity index (χ3n) is 2.25. The van der Waals surface area contributed by atoms with E-state index < -0.39 is 4.92 Å². The van der Waals surface area contributed by atoms with E-state index in [1.54, 1.807) is 18.2 Å². The molecule has 0 saturated heterocycles. The second-order valence-electron chi connectivity index (χ2n) is 3.35. The first-order valence-corrected chi connectivity index (χ1v) is 4.85. The maximum atomic E-state index is 10.7. The third kappa shape index (κ3) is 3.00. The minimum atomic E-state index is -0.405. The smallest absolute Gasteiger partial charge is 0.274 e. The van der Waals surface area contributed by atoms with Crippen LogP contribution in [0.5, 0.6) is 0 Å². The van der Waals surface area contributed by atoms with Gasteiger partial charge in [0, 0.05) is 17.7 Å². The highest BCUT2D eigenvalue weighted by atomic mass is 16.6. The molecule has 1 atom stereocenters. The van der Waals surface area contributed by atoms with E-state index in [1.165, 1.54) is 6.07 Å². The van der Waals surface area contributed by atoms with Gasteiger partial charge in [0.25, 0.3) is 5.69 Å². The standard InChI is InChI=1S/C10H15N3O2/c11-7-3-5-9(12)8-4-1-2-6-10(8)13(14)15/h1-2,4,6,9H,3,5,7,11-12H2. The van der Waals surface area contributed by atoms with Gasteiger partial charge >= 0.3 is 0 Å². The van der Waals surface area contributed by atoms with Gasteiger partial charge in [0.2, 0.25) is 0 Å². The van der Waals surface area contributed by atoms with Gasteiger partial charge in [-0.05, 0) is 19.4 Å². The summed E-state index contributed by atoms with van der Waals surface area (Å²) in [6.07, 6.45) is 1.44. The Balaban J connectivity index is 2.87. The average Bonchev–Trinajstić information content (AvgIpc) is 2.25. The predicted molar refractivity (Wildman–Crippen MR) is 58.3 cm³/mol. The summed E-state index contributed by atoms with van der Waals surface area (Å²) in [4.78, 5) is 10.3. The molecule has 0 aromatic heterocycles. The minimum Gasteiger partial charge on any atom is -0.330 e. The number of benzene rings is 1. The van der Waals surface area contributed by atoms with Gasteiger partial charge in [-0.3, -0.25) is 10.1 Å². The Morgan fingerprint density at radius 2 is 2.07 bits per heavy atom. The van der Waals surface area contributed by atoms with Crippen LogP contribution < -0.4 is 11.5 Å². The lowest BCUT2D eigenvalue weighted by Gasteiger charge is -2.11. The molecule has 5 nitrogen and oxygen atoms in total. The molecule has 0 aliphatic rings. The van der Waals surface area contributed by atoms with E-state index in [1.807, 2.05) is 0 Å². The lowest BCUT2D eigenvalue weighted by Crippen LogP contribution is -2.14. The van der Waals surface area contributed by atoms with E-state index in [2.05, 4.69) is 0 Å². The highest BCUT2D eigenvalue weighted by Gasteiger charge is 2.17. The van der Waals surface area contributed by atoms with Gasteiger partial charge < -0.3 is 11.5 Å². The zero-order valence-electron chi connectivity index (χ0n) is 8.43. The number of hydrogen-bond donors (Lipinski definition) is 2. The molecule has 0 aliphatic carbocycles. The summed E-state index contributed by atoms with van der Waals surface area (Å²) in [7, 11) is 0. The van der Waals surface area contributed by atoms with Crippen molar-refractivity contribution in [2.75, 3.05) is 6.54 Å². The van der Waals surface area contributed by atoms with E-state index in [0.29, 0.717) is 18.5 Å². The van der Waals surface area contributed by atoms with Crippen molar-refractivity contribution in [1.82, 2.24) is 0 Å². The van der Waals surface area contributed by atoms with Gasteiger partial charge in [0.05, 0.1) is 4.92 Å². The van der Waals surface area contributed by atoms with E-state index in [4.69, 9.17) is 11.5 Å². The van der Waals surface area contributed by atoms with Crippen LogP contribution in [0.15, 0.2) is 24.3 Å². The van der Waals surface area contributed by atoms with E-state index >= 15 is 0 Å². The Morgan fingerprint density at radius 1 is 1.40 bits per heavy atom. The molecule has 0 aliphatic heterocycles. The number of nitro benzene ring substituents is 1. The van der Waals surface area contributed by atoms with Gasteiger partial charge in [-0.25, -0.2) is 0 Å². The molecular weight excluding hydrogens is 194 g/mol. The van der Waals surface area contributed by atoms with Crippen molar-refractivity contribution < 1.29 is 4.92 Å². The summed E-state index contributed by atoms with van der Waals surface area (Å²) < 4.78 is 0. The molecule has 0 fully saturated rings. The Morgan fingerprint density at radius 3 is 2.67 bits per heavy atom. The molecule has 15 heavy (non-hydrogen) atoms. The number of para-hydroxylation sites is 1. The molecule has 1 aromatic carbocycles. The molecule has 4 N–H and O–H groups in total. The fraction of sp³-hybridized carbons (Fsp3) is 0.400. The molecule has 0 spiro atoms. The number of nitro groups is 1. The lowest BCUT2D eigenvalue weighted by atomic mass is 10.0. The molecule has 0 bridgehead atoms. The largest absolute Gasteiger partial charge is 0.330 e. The van der Waals surface area contributed by atoms with Crippen molar-refractivity contribution in [3.05, 3.63) is 39.9 Å². The van der Waals surface area contributed by atoms with Gasteiger partial charge in [0.15, 0.2) is 0 Å². The average molecular weight is 209 g/mol. The first-order valence-electron chi connectivity index (χ1n) is 4.85. The first kappa shape index (κ1) is 11.6. The molecule has 82 valence electrons. The highest BCUT2D eigenvalue weighted by Crippen LogP contribution is 2.25. The maximum Gasteiger partial charge on any atom is 0.274 e. The van der Waals surface area contributed by atoms with E-state index in [0.717, 1.165) is 6.42 Å². The zero-order valence-corrected chi connectivity index (χ0v) is 8.43. The minimum absolute atomic E-state index is 0.0852. The fourth-order valence-corrected chi connectivity index (χ4v) is 1.46. The van der Waals surface area contributed by atoms with Crippen molar-refractivity contribution in [3.8, 4) is 0 Å². The van der Waals surface area contributed by atoms with Crippen molar-refractivity contribution in [2.45, 2.75) is 18.9 Å². The van der Waals surface area contributed by atoms with E-state index in [9.17, 15) is 10.1 Å². The normalized spacial score (nSPS) is 12.4. The Hall–Kier alpha value is -1.46. The van der Waals surface area contributed by atoms with Gasteiger partial charge in [0.1, 0.15) is 0 Å². The SMILES string of the molecule is NCCCC(N)c1ccccc1[N+](=O)[O-]. The Kier molecular flexibility index (Phi) is 4.20. The highest BCUT2D eigenvalue weighted by molar-refractivity contribution is 5.41. The first-order chi connectivity index (χ1) is 7.16. The van der Waals surface area contributed by atoms with Crippen molar-refractivity contribution in [2.24, 2.45) is 11.5 Å². The molecule has 1 aromatic rings. The van der Waals surface area contributed by atoms with Crippen molar-refractivity contribution in [3.63, 3.8) is 0 Å². The van der Waals surface area contributed by atoms with Crippen LogP contribution in [-0.2, 0) is 0 Å². The van der Waals surface area contributed by atoms with Gasteiger partial charge in [-0.1, -0.05) is 18.2 Å². The fourth-order valence-electron chi connectivity index (χ4n) is 1.46. The number of rotatable bonds is 5. The number of nitrogens with two attached hydrogens (primary N) is 2. The summed E-state index contributed by atoms with van der Waals surface area (Å²) in [5.41, 5.74) is 11.9. The number of nitrogens with zero attached hydrogens (tertiary/aromatic N) is 1. The molecule has 0 radical (unpaired) electrons. The van der Waals surface area contributed by atoms with Crippen LogP contribution in [0, 0.1) is 10.1 Å². The topological polar surface area (TPSA) is 95.2 Å². The zero-order chi connectivity index (χ0) is 11.3. The molecule has 0 amide bonds. The van der Waals surface area contributed by atoms with Crippen LogP contribution in [0.25, 0.3) is 0 Å². The summed E-state index contributed by atoms with van der Waals surface area (Å²) >= 11 is 0. The summed E-state index contributed by atoms with van der Waals surface area (Å²) in [6.45, 7) is 0.550. The molecule has 0 heterocycles. The molecular formula is C10H15N3O2. The summed E-state index contributed by atoms with van der Waals surface area (Å²) in [6, 6.07) is 6.24. The van der Waals surface area contributed by atoms with Crippen LogP contribution in [-0.4, -0.2) is 11.5 Å². The van der Waals surface area contributed by atoms with Crippen LogP contribution in [0.2, 0.25) is 0 Å². The Bertz CT molecular complexity index is 341. The van der Waals surface area contributed by atoms with Crippen LogP contribution >= 0.6 is 0 Å². The van der Waals surface area contributed by atoms with Crippen LogP contribution in [0.4, 0.5) is 5.69 Å². The van der Waals surface area contributed by atoms with Crippen molar-refractivity contribution in [1.29, 1.82) is 0 Å².